The van der Waals surface area contributed by atoms with Crippen LogP contribution in [-0.2, 0) is 11.2 Å². The van der Waals surface area contributed by atoms with Crippen LogP contribution in [0.25, 0.3) is 22.0 Å². The SMILES string of the molecule is CCCC(=O)Cc1cncc(-c2cccc3[nH]ccc23)c1. The van der Waals surface area contributed by atoms with Gasteiger partial charge in [0.15, 0.2) is 0 Å². The molecule has 0 aliphatic carbocycles. The fourth-order valence-electron chi connectivity index (χ4n) is 2.66. The molecule has 0 unspecified atom stereocenters. The minimum atomic E-state index is 0.274. The molecular weight excluding hydrogens is 260 g/mol. The number of Topliss-reactive ketones (excluding diaryl/α,β-unsaturated/α-hetero) is 1. The van der Waals surface area contributed by atoms with Gasteiger partial charge in [-0.1, -0.05) is 19.1 Å². The van der Waals surface area contributed by atoms with Crippen LogP contribution >= 0.6 is 0 Å². The van der Waals surface area contributed by atoms with Crippen LogP contribution in [0.3, 0.4) is 0 Å². The maximum Gasteiger partial charge on any atom is 0.137 e. The molecule has 0 saturated carbocycles. The molecule has 0 radical (unpaired) electrons. The summed E-state index contributed by atoms with van der Waals surface area (Å²) in [7, 11) is 0. The molecule has 3 nitrogen and oxygen atoms in total. The molecule has 2 aromatic heterocycles. The molecule has 3 aromatic rings. The second-order valence-electron chi connectivity index (χ2n) is 5.29. The van der Waals surface area contributed by atoms with Gasteiger partial charge in [0.05, 0.1) is 0 Å². The lowest BCUT2D eigenvalue weighted by Gasteiger charge is -2.06. The number of carbonyl (C=O) groups excluding carboxylic acids is 1. The number of fused-ring (bicyclic) bond motifs is 1. The number of hydrogen-bond acceptors (Lipinski definition) is 2. The summed E-state index contributed by atoms with van der Waals surface area (Å²) in [5, 5.41) is 1.18. The minimum Gasteiger partial charge on any atom is -0.361 e. The molecular formula is C18H18N2O. The minimum absolute atomic E-state index is 0.274. The number of benzene rings is 1. The molecule has 0 bridgehead atoms. The zero-order valence-electron chi connectivity index (χ0n) is 12.1. The normalized spacial score (nSPS) is 10.9. The number of hydrogen-bond donors (Lipinski definition) is 1. The van der Waals surface area contributed by atoms with Crippen molar-refractivity contribution in [2.45, 2.75) is 26.2 Å². The van der Waals surface area contributed by atoms with E-state index < -0.39 is 0 Å². The quantitative estimate of drug-likeness (QED) is 0.762. The first-order chi connectivity index (χ1) is 10.3. The van der Waals surface area contributed by atoms with E-state index in [1.165, 1.54) is 5.39 Å². The predicted molar refractivity (Wildman–Crippen MR) is 85.1 cm³/mol. The molecule has 0 aliphatic rings. The Balaban J connectivity index is 1.96. The summed E-state index contributed by atoms with van der Waals surface area (Å²) >= 11 is 0. The van der Waals surface area contributed by atoms with Crippen LogP contribution in [0.1, 0.15) is 25.3 Å². The number of aromatic nitrogens is 2. The van der Waals surface area contributed by atoms with Crippen LogP contribution < -0.4 is 0 Å². The highest BCUT2D eigenvalue weighted by Gasteiger charge is 2.08. The lowest BCUT2D eigenvalue weighted by atomic mass is 10.00. The molecule has 1 aromatic carbocycles. The number of pyridine rings is 1. The van der Waals surface area contributed by atoms with Crippen molar-refractivity contribution < 1.29 is 4.79 Å². The maximum atomic E-state index is 11.8. The Morgan fingerprint density at radius 3 is 3.00 bits per heavy atom. The Labute approximate surface area is 124 Å². The van der Waals surface area contributed by atoms with Gasteiger partial charge in [0.1, 0.15) is 5.78 Å². The highest BCUT2D eigenvalue weighted by molar-refractivity contribution is 5.95. The number of H-pyrrole nitrogens is 1. The largest absolute Gasteiger partial charge is 0.361 e. The van der Waals surface area contributed by atoms with Crippen LogP contribution in [0.15, 0.2) is 48.9 Å². The van der Waals surface area contributed by atoms with Crippen molar-refractivity contribution in [1.82, 2.24) is 9.97 Å². The van der Waals surface area contributed by atoms with E-state index in [0.717, 1.165) is 28.6 Å². The predicted octanol–water partition coefficient (Wildman–Crippen LogP) is 4.14. The monoisotopic (exact) mass is 278 g/mol. The van der Waals surface area contributed by atoms with E-state index in [4.69, 9.17) is 0 Å². The molecule has 1 N–H and O–H groups in total. The summed E-state index contributed by atoms with van der Waals surface area (Å²) in [5.41, 5.74) is 4.30. The average Bonchev–Trinajstić information content (AvgIpc) is 2.96. The van der Waals surface area contributed by atoms with Gasteiger partial charge in [-0.2, -0.15) is 0 Å². The molecule has 0 aliphatic heterocycles. The lowest BCUT2D eigenvalue weighted by molar-refractivity contribution is -0.118. The molecule has 0 fully saturated rings. The van der Waals surface area contributed by atoms with Crippen LogP contribution in [0.4, 0.5) is 0 Å². The van der Waals surface area contributed by atoms with Crippen LogP contribution in [-0.4, -0.2) is 15.8 Å². The second kappa shape index (κ2) is 5.92. The fourth-order valence-corrected chi connectivity index (χ4v) is 2.66. The summed E-state index contributed by atoms with van der Waals surface area (Å²) in [5.74, 6) is 0.274. The van der Waals surface area contributed by atoms with Gasteiger partial charge < -0.3 is 4.98 Å². The Hall–Kier alpha value is -2.42. The Kier molecular flexibility index (Phi) is 3.82. The van der Waals surface area contributed by atoms with Gasteiger partial charge in [0.2, 0.25) is 0 Å². The number of nitrogens with zero attached hydrogens (tertiary/aromatic N) is 1. The molecule has 3 heteroatoms. The molecule has 0 saturated heterocycles. The molecule has 0 amide bonds. The van der Waals surface area contributed by atoms with Gasteiger partial charge in [-0.25, -0.2) is 0 Å². The Morgan fingerprint density at radius 1 is 1.24 bits per heavy atom. The summed E-state index contributed by atoms with van der Waals surface area (Å²) in [4.78, 5) is 19.3. The van der Waals surface area contributed by atoms with E-state index in [0.29, 0.717) is 12.8 Å². The molecule has 2 heterocycles. The van der Waals surface area contributed by atoms with E-state index in [9.17, 15) is 4.79 Å². The highest BCUT2D eigenvalue weighted by atomic mass is 16.1. The van der Waals surface area contributed by atoms with Crippen molar-refractivity contribution in [2.75, 3.05) is 0 Å². The zero-order chi connectivity index (χ0) is 14.7. The zero-order valence-corrected chi connectivity index (χ0v) is 12.1. The Morgan fingerprint density at radius 2 is 2.14 bits per heavy atom. The number of rotatable bonds is 5. The number of nitrogens with one attached hydrogen (secondary N) is 1. The van der Waals surface area contributed by atoms with E-state index in [-0.39, 0.29) is 5.78 Å². The number of ketones is 1. The summed E-state index contributed by atoms with van der Waals surface area (Å²) in [6, 6.07) is 10.3. The highest BCUT2D eigenvalue weighted by Crippen LogP contribution is 2.28. The molecule has 106 valence electrons. The standard InChI is InChI=1S/C18H18N2O/c1-2-4-15(21)10-13-9-14(12-19-11-13)16-5-3-6-18-17(16)7-8-20-18/h3,5-9,11-12,20H,2,4,10H2,1H3. The Bertz CT molecular complexity index is 773. The van der Waals surface area contributed by atoms with E-state index in [1.807, 2.05) is 25.4 Å². The van der Waals surface area contributed by atoms with Crippen LogP contribution in [0.2, 0.25) is 0 Å². The van der Waals surface area contributed by atoms with Crippen molar-refractivity contribution in [1.29, 1.82) is 0 Å². The number of carbonyl (C=O) groups is 1. The fraction of sp³-hybridized carbons (Fsp3) is 0.222. The molecule has 21 heavy (non-hydrogen) atoms. The summed E-state index contributed by atoms with van der Waals surface area (Å²) in [6.45, 7) is 2.03. The van der Waals surface area contributed by atoms with Crippen molar-refractivity contribution in [3.63, 3.8) is 0 Å². The first kappa shape index (κ1) is 13.6. The third kappa shape index (κ3) is 2.87. The molecule has 0 atom stereocenters. The van der Waals surface area contributed by atoms with Crippen molar-refractivity contribution in [3.05, 3.63) is 54.5 Å². The van der Waals surface area contributed by atoms with E-state index in [1.54, 1.807) is 6.20 Å². The third-order valence-corrected chi connectivity index (χ3v) is 3.63. The van der Waals surface area contributed by atoms with Crippen molar-refractivity contribution >= 4 is 16.7 Å². The first-order valence-electron chi connectivity index (χ1n) is 7.30. The van der Waals surface area contributed by atoms with Gasteiger partial charge in [-0.15, -0.1) is 0 Å². The number of aromatic amines is 1. The van der Waals surface area contributed by atoms with Gasteiger partial charge in [0.25, 0.3) is 0 Å². The van der Waals surface area contributed by atoms with Crippen molar-refractivity contribution in [2.24, 2.45) is 0 Å². The van der Waals surface area contributed by atoms with Crippen LogP contribution in [0.5, 0.6) is 0 Å². The van der Waals surface area contributed by atoms with Gasteiger partial charge in [-0.3, -0.25) is 9.78 Å². The first-order valence-corrected chi connectivity index (χ1v) is 7.30. The maximum absolute atomic E-state index is 11.8. The second-order valence-corrected chi connectivity index (χ2v) is 5.29. The van der Waals surface area contributed by atoms with Gasteiger partial charge in [0, 0.05) is 47.9 Å². The smallest absolute Gasteiger partial charge is 0.137 e. The topological polar surface area (TPSA) is 45.8 Å². The van der Waals surface area contributed by atoms with Gasteiger partial charge in [-0.05, 0) is 35.7 Å². The third-order valence-electron chi connectivity index (χ3n) is 3.63. The van der Waals surface area contributed by atoms with Crippen molar-refractivity contribution in [3.8, 4) is 11.1 Å². The van der Waals surface area contributed by atoms with Gasteiger partial charge >= 0.3 is 0 Å². The molecule has 3 rings (SSSR count). The van der Waals surface area contributed by atoms with Crippen LogP contribution in [0, 0.1) is 0 Å². The molecule has 0 spiro atoms. The van der Waals surface area contributed by atoms with E-state index >= 15 is 0 Å². The summed E-state index contributed by atoms with van der Waals surface area (Å²) in [6.07, 6.45) is 7.59. The van der Waals surface area contributed by atoms with E-state index in [2.05, 4.69) is 34.2 Å². The summed E-state index contributed by atoms with van der Waals surface area (Å²) < 4.78 is 0. The average molecular weight is 278 g/mol. The lowest BCUT2D eigenvalue weighted by Crippen LogP contribution is -2.02.